The van der Waals surface area contributed by atoms with E-state index in [1.54, 1.807) is 0 Å². The molecular formula is C20H20N2O2. The van der Waals surface area contributed by atoms with E-state index in [0.29, 0.717) is 5.69 Å². The number of carbonyl (C=O) groups excluding carboxylic acids is 1. The van der Waals surface area contributed by atoms with Gasteiger partial charge in [-0.2, -0.15) is 0 Å². The first-order valence-electron chi connectivity index (χ1n) is 8.31. The molecule has 1 saturated carbocycles. The molecule has 2 aromatic carbocycles. The standard InChI is InChI=1S/C20H20N2O2/c23-19(18-12-14-6-4-5-9-17(14)22-18)21-13-20(24,16-10-11-16)15-7-2-1-3-8-15/h1-9,12,16,22,24H,10-11,13H2,(H,21,23)/t20-/m0/s1. The summed E-state index contributed by atoms with van der Waals surface area (Å²) in [4.78, 5) is 15.6. The molecule has 0 aliphatic heterocycles. The van der Waals surface area contributed by atoms with Crippen LogP contribution < -0.4 is 5.32 Å². The number of fused-ring (bicyclic) bond motifs is 1. The third-order valence-electron chi connectivity index (χ3n) is 4.82. The van der Waals surface area contributed by atoms with E-state index in [-0.39, 0.29) is 18.4 Å². The Bertz CT molecular complexity index is 834. The summed E-state index contributed by atoms with van der Waals surface area (Å²) in [7, 11) is 0. The van der Waals surface area contributed by atoms with Gasteiger partial charge in [-0.3, -0.25) is 4.79 Å². The Morgan fingerprint density at radius 3 is 2.54 bits per heavy atom. The van der Waals surface area contributed by atoms with E-state index in [1.165, 1.54) is 0 Å². The second-order valence-electron chi connectivity index (χ2n) is 6.52. The van der Waals surface area contributed by atoms with Crippen molar-refractivity contribution in [1.29, 1.82) is 0 Å². The number of H-pyrrole nitrogens is 1. The first kappa shape index (κ1) is 15.0. The fourth-order valence-corrected chi connectivity index (χ4v) is 3.28. The molecule has 0 spiro atoms. The Morgan fingerprint density at radius 2 is 1.83 bits per heavy atom. The van der Waals surface area contributed by atoms with Crippen molar-refractivity contribution in [1.82, 2.24) is 10.3 Å². The number of benzene rings is 2. The van der Waals surface area contributed by atoms with Crippen LogP contribution in [0.1, 0.15) is 28.9 Å². The van der Waals surface area contributed by atoms with Gasteiger partial charge >= 0.3 is 0 Å². The fraction of sp³-hybridized carbons (Fsp3) is 0.250. The van der Waals surface area contributed by atoms with Crippen LogP contribution in [-0.2, 0) is 5.60 Å². The van der Waals surface area contributed by atoms with Gasteiger partial charge in [0, 0.05) is 10.9 Å². The molecule has 1 aliphatic carbocycles. The molecule has 1 aliphatic rings. The summed E-state index contributed by atoms with van der Waals surface area (Å²) >= 11 is 0. The van der Waals surface area contributed by atoms with Crippen molar-refractivity contribution in [3.8, 4) is 0 Å². The van der Waals surface area contributed by atoms with Crippen molar-refractivity contribution >= 4 is 16.8 Å². The average molecular weight is 320 g/mol. The molecule has 1 aromatic heterocycles. The number of amides is 1. The maximum Gasteiger partial charge on any atom is 0.267 e. The van der Waals surface area contributed by atoms with Gasteiger partial charge in [0.05, 0.1) is 6.54 Å². The van der Waals surface area contributed by atoms with Gasteiger partial charge < -0.3 is 15.4 Å². The highest BCUT2D eigenvalue weighted by atomic mass is 16.3. The number of aromatic nitrogens is 1. The molecule has 24 heavy (non-hydrogen) atoms. The van der Waals surface area contributed by atoms with E-state index in [4.69, 9.17) is 0 Å². The molecule has 4 heteroatoms. The van der Waals surface area contributed by atoms with Gasteiger partial charge in [-0.15, -0.1) is 0 Å². The van der Waals surface area contributed by atoms with Crippen LogP contribution >= 0.6 is 0 Å². The Balaban J connectivity index is 1.53. The summed E-state index contributed by atoms with van der Waals surface area (Å²) in [6, 6.07) is 19.2. The molecule has 0 bridgehead atoms. The number of rotatable bonds is 5. The lowest BCUT2D eigenvalue weighted by Crippen LogP contribution is -2.42. The molecule has 3 N–H and O–H groups in total. The van der Waals surface area contributed by atoms with E-state index in [1.807, 2.05) is 60.7 Å². The largest absolute Gasteiger partial charge is 0.383 e. The molecule has 1 fully saturated rings. The Morgan fingerprint density at radius 1 is 1.12 bits per heavy atom. The zero-order chi connectivity index (χ0) is 16.6. The van der Waals surface area contributed by atoms with Crippen LogP contribution in [0.25, 0.3) is 10.9 Å². The number of para-hydroxylation sites is 1. The summed E-state index contributed by atoms with van der Waals surface area (Å²) in [6.07, 6.45) is 1.99. The van der Waals surface area contributed by atoms with Crippen molar-refractivity contribution in [2.24, 2.45) is 5.92 Å². The predicted octanol–water partition coefficient (Wildman–Crippen LogP) is 3.20. The van der Waals surface area contributed by atoms with Crippen molar-refractivity contribution in [3.05, 3.63) is 71.9 Å². The first-order valence-corrected chi connectivity index (χ1v) is 8.31. The lowest BCUT2D eigenvalue weighted by molar-refractivity contribution is 0.0134. The van der Waals surface area contributed by atoms with Crippen LogP contribution in [-0.4, -0.2) is 22.5 Å². The Hall–Kier alpha value is -2.59. The zero-order valence-corrected chi connectivity index (χ0v) is 13.3. The second-order valence-corrected chi connectivity index (χ2v) is 6.52. The molecule has 3 aromatic rings. The Kier molecular flexibility index (Phi) is 3.62. The summed E-state index contributed by atoms with van der Waals surface area (Å²) in [6.45, 7) is 0.218. The Labute approximate surface area is 140 Å². The number of carbonyl (C=O) groups is 1. The van der Waals surface area contributed by atoms with E-state index in [0.717, 1.165) is 29.3 Å². The SMILES string of the molecule is O=C(NC[C@](O)(c1ccccc1)C1CC1)c1cc2ccccc2[nH]1. The fourth-order valence-electron chi connectivity index (χ4n) is 3.28. The highest BCUT2D eigenvalue weighted by Gasteiger charge is 2.45. The van der Waals surface area contributed by atoms with Gasteiger partial charge in [0.15, 0.2) is 0 Å². The van der Waals surface area contributed by atoms with Gasteiger partial charge in [-0.05, 0) is 36.5 Å². The highest BCUT2D eigenvalue weighted by Crippen LogP contribution is 2.45. The third kappa shape index (κ3) is 2.69. The number of aliphatic hydroxyl groups is 1. The normalized spacial score (nSPS) is 16.7. The van der Waals surface area contributed by atoms with E-state index >= 15 is 0 Å². The maximum absolute atomic E-state index is 12.5. The van der Waals surface area contributed by atoms with E-state index in [2.05, 4.69) is 10.3 Å². The van der Waals surface area contributed by atoms with Gasteiger partial charge in [0.1, 0.15) is 11.3 Å². The van der Waals surface area contributed by atoms with Crippen LogP contribution in [0, 0.1) is 5.92 Å². The molecule has 0 saturated heterocycles. The third-order valence-corrected chi connectivity index (χ3v) is 4.82. The average Bonchev–Trinajstić information content (AvgIpc) is 3.39. The maximum atomic E-state index is 12.5. The van der Waals surface area contributed by atoms with Gasteiger partial charge in [0.25, 0.3) is 5.91 Å². The molecule has 0 radical (unpaired) electrons. The molecule has 122 valence electrons. The van der Waals surface area contributed by atoms with Gasteiger partial charge in [-0.1, -0.05) is 48.5 Å². The second kappa shape index (κ2) is 5.80. The quantitative estimate of drug-likeness (QED) is 0.676. The first-order chi connectivity index (χ1) is 11.7. The van der Waals surface area contributed by atoms with Gasteiger partial charge in [0.2, 0.25) is 0 Å². The van der Waals surface area contributed by atoms with E-state index < -0.39 is 5.60 Å². The minimum atomic E-state index is -0.997. The molecule has 1 amide bonds. The summed E-state index contributed by atoms with van der Waals surface area (Å²) < 4.78 is 0. The van der Waals surface area contributed by atoms with Crippen LogP contribution in [0.2, 0.25) is 0 Å². The lowest BCUT2D eigenvalue weighted by atomic mass is 9.88. The summed E-state index contributed by atoms with van der Waals surface area (Å²) in [5.74, 6) is 0.0177. The molecular weight excluding hydrogens is 300 g/mol. The van der Waals surface area contributed by atoms with Crippen molar-refractivity contribution in [3.63, 3.8) is 0 Å². The number of nitrogens with one attached hydrogen (secondary N) is 2. The van der Waals surface area contributed by atoms with Crippen LogP contribution in [0.15, 0.2) is 60.7 Å². The molecule has 1 atom stereocenters. The number of aromatic amines is 1. The van der Waals surface area contributed by atoms with Crippen LogP contribution in [0.3, 0.4) is 0 Å². The van der Waals surface area contributed by atoms with Crippen molar-refractivity contribution in [2.45, 2.75) is 18.4 Å². The minimum absolute atomic E-state index is 0.193. The summed E-state index contributed by atoms with van der Waals surface area (Å²) in [5, 5.41) is 15.0. The number of hydrogen-bond donors (Lipinski definition) is 3. The predicted molar refractivity (Wildman–Crippen MR) is 93.7 cm³/mol. The van der Waals surface area contributed by atoms with E-state index in [9.17, 15) is 9.90 Å². The number of hydrogen-bond acceptors (Lipinski definition) is 2. The van der Waals surface area contributed by atoms with Crippen LogP contribution in [0.5, 0.6) is 0 Å². The topological polar surface area (TPSA) is 65.1 Å². The van der Waals surface area contributed by atoms with Crippen molar-refractivity contribution < 1.29 is 9.90 Å². The summed E-state index contributed by atoms with van der Waals surface area (Å²) in [5.41, 5.74) is 1.32. The monoisotopic (exact) mass is 320 g/mol. The van der Waals surface area contributed by atoms with Crippen LogP contribution in [0.4, 0.5) is 0 Å². The highest BCUT2D eigenvalue weighted by molar-refractivity contribution is 5.98. The zero-order valence-electron chi connectivity index (χ0n) is 13.3. The molecule has 4 nitrogen and oxygen atoms in total. The lowest BCUT2D eigenvalue weighted by Gasteiger charge is -2.29. The molecule has 1 heterocycles. The van der Waals surface area contributed by atoms with Crippen molar-refractivity contribution in [2.75, 3.05) is 6.54 Å². The smallest absolute Gasteiger partial charge is 0.267 e. The molecule has 0 unspecified atom stereocenters. The molecule has 4 rings (SSSR count). The minimum Gasteiger partial charge on any atom is -0.383 e. The van der Waals surface area contributed by atoms with Gasteiger partial charge in [-0.25, -0.2) is 0 Å².